The van der Waals surface area contributed by atoms with Crippen molar-refractivity contribution in [3.8, 4) is 39.9 Å². The smallest absolute Gasteiger partial charge is 0.164 e. The molecular formula is C39H30B6N4O. The topological polar surface area (TPSA) is 56.7 Å². The number of rotatable bonds is 4. The van der Waals surface area contributed by atoms with E-state index < -0.39 is 0 Å². The summed E-state index contributed by atoms with van der Waals surface area (Å²) in [7, 11) is 13.2. The van der Waals surface area contributed by atoms with Crippen molar-refractivity contribution in [1.82, 2.24) is 19.5 Å². The second-order valence-electron chi connectivity index (χ2n) is 13.4. The molecule has 230 valence electrons. The van der Waals surface area contributed by atoms with E-state index in [2.05, 4.69) is 100 Å². The Bertz CT molecular complexity index is 2720. The van der Waals surface area contributed by atoms with Crippen molar-refractivity contribution in [3.63, 3.8) is 0 Å². The molecule has 3 aromatic heterocycles. The molecule has 0 atom stereocenters. The van der Waals surface area contributed by atoms with Gasteiger partial charge in [0.1, 0.15) is 58.2 Å². The molecule has 5 nitrogen and oxygen atoms in total. The first-order chi connectivity index (χ1) is 24.3. The summed E-state index contributed by atoms with van der Waals surface area (Å²) < 4.78 is 9.51. The predicted molar refractivity (Wildman–Crippen MR) is 227 cm³/mol. The van der Waals surface area contributed by atoms with Crippen molar-refractivity contribution in [2.45, 2.75) is 0 Å². The zero-order valence-corrected chi connectivity index (χ0v) is 29.1. The molecule has 0 amide bonds. The van der Waals surface area contributed by atoms with Gasteiger partial charge in [-0.3, -0.25) is 0 Å². The van der Waals surface area contributed by atoms with Crippen LogP contribution >= 0.6 is 0 Å². The van der Waals surface area contributed by atoms with E-state index in [-0.39, 0.29) is 0 Å². The van der Waals surface area contributed by atoms with E-state index in [1.54, 1.807) is 0 Å². The Morgan fingerprint density at radius 3 is 1.46 bits per heavy atom. The Kier molecular flexibility index (Phi) is 6.96. The minimum absolute atomic E-state index is 0.643. The maximum absolute atomic E-state index is 7.06. The summed E-state index contributed by atoms with van der Waals surface area (Å²) in [5.41, 5.74) is 15.2. The SMILES string of the molecule is Bc1c(B)c(-n2c3ccccc3c3ccccc32)c2c(oc3c(B)c(-c4nc(-c5ccccc5)nc(-c5ccccc5)n4)c(B)c(B)c32)c1B. The number of benzene rings is 6. The van der Waals surface area contributed by atoms with Gasteiger partial charge < -0.3 is 8.98 Å². The third-order valence-corrected chi connectivity index (χ3v) is 10.7. The van der Waals surface area contributed by atoms with Gasteiger partial charge in [0.15, 0.2) is 17.5 Å². The van der Waals surface area contributed by atoms with Crippen LogP contribution in [0.5, 0.6) is 0 Å². The van der Waals surface area contributed by atoms with Crippen LogP contribution in [-0.2, 0) is 0 Å². The lowest BCUT2D eigenvalue weighted by Crippen LogP contribution is -2.41. The van der Waals surface area contributed by atoms with Crippen LogP contribution in [0.1, 0.15) is 0 Å². The van der Waals surface area contributed by atoms with E-state index in [1.165, 1.54) is 38.4 Å². The lowest BCUT2D eigenvalue weighted by atomic mass is 9.68. The minimum atomic E-state index is 0.643. The fourth-order valence-corrected chi connectivity index (χ4v) is 7.83. The summed E-state index contributed by atoms with van der Waals surface area (Å²) in [6.45, 7) is 0. The molecule has 0 aliphatic heterocycles. The largest absolute Gasteiger partial charge is 0.457 e. The molecule has 0 bridgehead atoms. The van der Waals surface area contributed by atoms with Crippen LogP contribution in [0.25, 0.3) is 83.6 Å². The fourth-order valence-electron chi connectivity index (χ4n) is 7.83. The molecule has 0 N–H and O–H groups in total. The highest BCUT2D eigenvalue weighted by molar-refractivity contribution is 6.64. The highest BCUT2D eigenvalue weighted by Crippen LogP contribution is 2.36. The maximum Gasteiger partial charge on any atom is 0.164 e. The molecule has 0 aliphatic carbocycles. The van der Waals surface area contributed by atoms with Gasteiger partial charge in [0.25, 0.3) is 0 Å². The molecule has 9 aromatic rings. The summed E-state index contributed by atoms with van der Waals surface area (Å²) >= 11 is 0. The summed E-state index contributed by atoms with van der Waals surface area (Å²) in [4.78, 5) is 15.2. The van der Waals surface area contributed by atoms with Crippen molar-refractivity contribution < 1.29 is 4.42 Å². The number of hydrogen-bond donors (Lipinski definition) is 0. The molecule has 9 rings (SSSR count). The number of para-hydroxylation sites is 2. The highest BCUT2D eigenvalue weighted by atomic mass is 16.3. The van der Waals surface area contributed by atoms with Crippen molar-refractivity contribution in [2.75, 3.05) is 0 Å². The number of furan rings is 1. The first-order valence-electron chi connectivity index (χ1n) is 17.1. The van der Waals surface area contributed by atoms with E-state index in [9.17, 15) is 0 Å². The first kappa shape index (κ1) is 30.4. The number of fused-ring (bicyclic) bond motifs is 6. The number of aromatic nitrogens is 4. The van der Waals surface area contributed by atoms with Gasteiger partial charge in [-0.15, -0.1) is 0 Å². The number of hydrogen-bond acceptors (Lipinski definition) is 4. The van der Waals surface area contributed by atoms with E-state index in [0.717, 1.165) is 60.5 Å². The average molecular weight is 636 g/mol. The van der Waals surface area contributed by atoms with Crippen LogP contribution in [0, 0.1) is 0 Å². The molecule has 0 saturated carbocycles. The second-order valence-corrected chi connectivity index (χ2v) is 13.4. The fraction of sp³-hybridized carbons (Fsp3) is 0. The Morgan fingerprint density at radius 1 is 0.420 bits per heavy atom. The van der Waals surface area contributed by atoms with E-state index in [1.807, 2.05) is 60.7 Å². The third-order valence-electron chi connectivity index (χ3n) is 10.7. The first-order valence-corrected chi connectivity index (χ1v) is 17.1. The average Bonchev–Trinajstić information content (AvgIpc) is 3.72. The standard InChI is InChI=1S/C39H30B6N4O/c40-28-25-26-34(49-23-17-9-7-15-21(23)22-16-8-10-18-24(22)49)32(44)31(43)33(45)36(26)50-35(25)30(42)27(29(28)41)39-47-37(19-11-3-1-4-12-19)46-38(48-39)20-13-5-2-6-14-20/h1-18H,40-45H2. The van der Waals surface area contributed by atoms with Crippen LogP contribution in [0.2, 0.25) is 0 Å². The Hall–Kier alpha value is -5.68. The van der Waals surface area contributed by atoms with E-state index >= 15 is 0 Å². The normalized spacial score (nSPS) is 11.7. The van der Waals surface area contributed by atoms with Gasteiger partial charge in [0, 0.05) is 32.8 Å². The molecule has 0 aliphatic rings. The number of nitrogens with zero attached hydrogens (tertiary/aromatic N) is 4. The van der Waals surface area contributed by atoms with Gasteiger partial charge in [0.05, 0.1) is 22.1 Å². The molecule has 3 heterocycles. The minimum Gasteiger partial charge on any atom is -0.457 e. The van der Waals surface area contributed by atoms with Crippen molar-refractivity contribution in [3.05, 3.63) is 109 Å². The predicted octanol–water partition coefficient (Wildman–Crippen LogP) is -0.581. The van der Waals surface area contributed by atoms with Crippen LogP contribution < -0.4 is 32.8 Å². The molecule has 0 spiro atoms. The van der Waals surface area contributed by atoms with Crippen LogP contribution in [-0.4, -0.2) is 66.6 Å². The van der Waals surface area contributed by atoms with Gasteiger partial charge in [-0.1, -0.05) is 124 Å². The van der Waals surface area contributed by atoms with Gasteiger partial charge in [-0.25, -0.2) is 15.0 Å². The summed E-state index contributed by atoms with van der Waals surface area (Å²) in [5.74, 6) is 1.93. The lowest BCUT2D eigenvalue weighted by Gasteiger charge is -2.19. The van der Waals surface area contributed by atoms with Gasteiger partial charge >= 0.3 is 0 Å². The molecule has 0 radical (unpaired) electrons. The van der Waals surface area contributed by atoms with Gasteiger partial charge in [0.2, 0.25) is 0 Å². The Balaban J connectivity index is 1.39. The van der Waals surface area contributed by atoms with Gasteiger partial charge in [-0.05, 0) is 17.6 Å². The monoisotopic (exact) mass is 636 g/mol. The molecular weight excluding hydrogens is 605 g/mol. The molecule has 0 unspecified atom stereocenters. The van der Waals surface area contributed by atoms with Crippen molar-refractivity contribution in [2.24, 2.45) is 0 Å². The van der Waals surface area contributed by atoms with Gasteiger partial charge in [-0.2, -0.15) is 0 Å². The zero-order chi connectivity index (χ0) is 34.3. The van der Waals surface area contributed by atoms with Crippen LogP contribution in [0.3, 0.4) is 0 Å². The van der Waals surface area contributed by atoms with Crippen molar-refractivity contribution in [1.29, 1.82) is 0 Å². The zero-order valence-electron chi connectivity index (χ0n) is 29.1. The summed E-state index contributed by atoms with van der Waals surface area (Å²) in [6.07, 6.45) is 0. The Labute approximate surface area is 295 Å². The lowest BCUT2D eigenvalue weighted by molar-refractivity contribution is 0.674. The summed E-state index contributed by atoms with van der Waals surface area (Å²) in [6, 6.07) is 37.7. The maximum atomic E-state index is 7.06. The van der Waals surface area contributed by atoms with E-state index in [0.29, 0.717) is 17.5 Å². The molecule has 50 heavy (non-hydrogen) atoms. The molecule has 11 heteroatoms. The molecule has 0 fully saturated rings. The summed E-state index contributed by atoms with van der Waals surface area (Å²) in [5, 5.41) is 4.77. The van der Waals surface area contributed by atoms with Crippen LogP contribution in [0.4, 0.5) is 0 Å². The molecule has 6 aromatic carbocycles. The highest BCUT2D eigenvalue weighted by Gasteiger charge is 2.27. The Morgan fingerprint density at radius 2 is 0.900 bits per heavy atom. The van der Waals surface area contributed by atoms with E-state index in [4.69, 9.17) is 19.4 Å². The van der Waals surface area contributed by atoms with Crippen LogP contribution in [0.15, 0.2) is 114 Å². The van der Waals surface area contributed by atoms with Crippen molar-refractivity contribution >= 4 is 124 Å². The second kappa shape index (κ2) is 11.4. The third kappa shape index (κ3) is 4.39. The quantitative estimate of drug-likeness (QED) is 0.243. The molecule has 0 saturated heterocycles.